The molecule has 2 heterocycles. The summed E-state index contributed by atoms with van der Waals surface area (Å²) in [6.07, 6.45) is 3.86. The summed E-state index contributed by atoms with van der Waals surface area (Å²) >= 11 is 0. The fourth-order valence-corrected chi connectivity index (χ4v) is 1.37. The Balaban J connectivity index is 2.82. The molecule has 0 spiro atoms. The minimum atomic E-state index is 0.110. The van der Waals surface area contributed by atoms with E-state index in [9.17, 15) is 4.79 Å². The standard InChI is InChI=1S/C10H9NO/c1-8(12)9-4-2-6-11-7-3-5-10(9)11/h2-7H,1H3. The molecule has 0 aliphatic heterocycles. The van der Waals surface area contributed by atoms with E-state index in [1.165, 1.54) is 0 Å². The number of carbonyl (C=O) groups is 1. The smallest absolute Gasteiger partial charge is 0.161 e. The molecule has 2 nitrogen and oxygen atoms in total. The van der Waals surface area contributed by atoms with Crippen LogP contribution in [-0.4, -0.2) is 10.2 Å². The normalized spacial score (nSPS) is 10.4. The zero-order chi connectivity index (χ0) is 8.55. The molecule has 0 amide bonds. The molecule has 0 saturated heterocycles. The third-order valence-corrected chi connectivity index (χ3v) is 1.94. The van der Waals surface area contributed by atoms with Gasteiger partial charge in [-0.15, -0.1) is 0 Å². The molecular weight excluding hydrogens is 150 g/mol. The van der Waals surface area contributed by atoms with Crippen molar-refractivity contribution in [2.75, 3.05) is 0 Å². The fraction of sp³-hybridized carbons (Fsp3) is 0.100. The molecule has 60 valence electrons. The maximum absolute atomic E-state index is 11.1. The Morgan fingerprint density at radius 3 is 2.58 bits per heavy atom. The highest BCUT2D eigenvalue weighted by molar-refractivity contribution is 6.00. The highest BCUT2D eigenvalue weighted by Crippen LogP contribution is 2.11. The van der Waals surface area contributed by atoms with Crippen molar-refractivity contribution >= 4 is 11.3 Å². The Morgan fingerprint density at radius 2 is 1.92 bits per heavy atom. The Bertz CT molecular complexity index is 428. The second kappa shape index (κ2) is 2.48. The lowest BCUT2D eigenvalue weighted by Gasteiger charge is -1.98. The lowest BCUT2D eigenvalue weighted by Crippen LogP contribution is -1.95. The van der Waals surface area contributed by atoms with Gasteiger partial charge in [-0.3, -0.25) is 4.79 Å². The van der Waals surface area contributed by atoms with Crippen molar-refractivity contribution in [3.05, 3.63) is 42.2 Å². The molecule has 0 N–H and O–H groups in total. The molecule has 0 fully saturated rings. The first-order valence-corrected chi connectivity index (χ1v) is 3.85. The quantitative estimate of drug-likeness (QED) is 0.584. The van der Waals surface area contributed by atoms with Gasteiger partial charge in [0.05, 0.1) is 5.52 Å². The molecule has 2 heteroatoms. The van der Waals surface area contributed by atoms with Crippen molar-refractivity contribution in [2.24, 2.45) is 0 Å². The number of ketones is 1. The Kier molecular flexibility index (Phi) is 1.47. The summed E-state index contributed by atoms with van der Waals surface area (Å²) in [5.74, 6) is 0.110. The molecule has 0 atom stereocenters. The molecule has 2 aromatic rings. The lowest BCUT2D eigenvalue weighted by molar-refractivity contribution is 0.101. The second-order valence-corrected chi connectivity index (χ2v) is 2.78. The molecule has 2 aromatic heterocycles. The minimum absolute atomic E-state index is 0.110. The number of nitrogens with zero attached hydrogens (tertiary/aromatic N) is 1. The van der Waals surface area contributed by atoms with Gasteiger partial charge in [-0.25, -0.2) is 0 Å². The van der Waals surface area contributed by atoms with Crippen LogP contribution in [0.15, 0.2) is 36.7 Å². The molecule has 0 aromatic carbocycles. The zero-order valence-electron chi connectivity index (χ0n) is 6.82. The number of pyridine rings is 1. The number of hydrogen-bond acceptors (Lipinski definition) is 1. The predicted molar refractivity (Wildman–Crippen MR) is 47.4 cm³/mol. The van der Waals surface area contributed by atoms with Gasteiger partial charge in [0.15, 0.2) is 5.78 Å². The van der Waals surface area contributed by atoms with Crippen LogP contribution >= 0.6 is 0 Å². The number of rotatable bonds is 1. The average molecular weight is 159 g/mol. The van der Waals surface area contributed by atoms with E-state index in [0.29, 0.717) is 0 Å². The highest BCUT2D eigenvalue weighted by Gasteiger charge is 2.03. The second-order valence-electron chi connectivity index (χ2n) is 2.78. The van der Waals surface area contributed by atoms with Crippen LogP contribution in [0.4, 0.5) is 0 Å². The van der Waals surface area contributed by atoms with Crippen LogP contribution in [0, 0.1) is 0 Å². The Labute approximate surface area is 70.4 Å². The maximum atomic E-state index is 11.1. The summed E-state index contributed by atoms with van der Waals surface area (Å²) in [5.41, 5.74) is 1.76. The van der Waals surface area contributed by atoms with E-state index < -0.39 is 0 Å². The van der Waals surface area contributed by atoms with Crippen LogP contribution in [0.2, 0.25) is 0 Å². The van der Waals surface area contributed by atoms with Crippen LogP contribution in [0.5, 0.6) is 0 Å². The first-order valence-electron chi connectivity index (χ1n) is 3.85. The van der Waals surface area contributed by atoms with Crippen LogP contribution in [0.25, 0.3) is 5.52 Å². The highest BCUT2D eigenvalue weighted by atomic mass is 16.1. The van der Waals surface area contributed by atoms with E-state index in [2.05, 4.69) is 0 Å². The SMILES string of the molecule is CC(=O)c1cccn2cccc12. The van der Waals surface area contributed by atoms with Gasteiger partial charge >= 0.3 is 0 Å². The number of fused-ring (bicyclic) bond motifs is 1. The summed E-state index contributed by atoms with van der Waals surface area (Å²) in [7, 11) is 0. The van der Waals surface area contributed by atoms with Gasteiger partial charge in [-0.1, -0.05) is 0 Å². The largest absolute Gasteiger partial charge is 0.323 e. The van der Waals surface area contributed by atoms with Gasteiger partial charge in [-0.05, 0) is 31.2 Å². The third-order valence-electron chi connectivity index (χ3n) is 1.94. The Morgan fingerprint density at radius 1 is 1.25 bits per heavy atom. The summed E-state index contributed by atoms with van der Waals surface area (Å²) < 4.78 is 1.94. The Hall–Kier alpha value is -1.57. The average Bonchev–Trinajstić information content (AvgIpc) is 2.49. The van der Waals surface area contributed by atoms with Crippen molar-refractivity contribution in [1.29, 1.82) is 0 Å². The van der Waals surface area contributed by atoms with E-state index in [4.69, 9.17) is 0 Å². The summed E-state index contributed by atoms with van der Waals surface area (Å²) in [6.45, 7) is 1.59. The van der Waals surface area contributed by atoms with Gasteiger partial charge in [0.25, 0.3) is 0 Å². The van der Waals surface area contributed by atoms with Gasteiger partial charge in [0.2, 0.25) is 0 Å². The van der Waals surface area contributed by atoms with Crippen LogP contribution < -0.4 is 0 Å². The first kappa shape index (κ1) is 7.10. The van der Waals surface area contributed by atoms with Crippen molar-refractivity contribution < 1.29 is 4.79 Å². The molecule has 12 heavy (non-hydrogen) atoms. The van der Waals surface area contributed by atoms with E-state index in [1.807, 2.05) is 41.1 Å². The van der Waals surface area contributed by atoms with Crippen LogP contribution in [0.3, 0.4) is 0 Å². The van der Waals surface area contributed by atoms with Gasteiger partial charge in [0, 0.05) is 18.0 Å². The van der Waals surface area contributed by atoms with Crippen molar-refractivity contribution in [1.82, 2.24) is 4.40 Å². The van der Waals surface area contributed by atoms with Crippen molar-refractivity contribution in [2.45, 2.75) is 6.92 Å². The number of carbonyl (C=O) groups excluding carboxylic acids is 1. The van der Waals surface area contributed by atoms with Crippen molar-refractivity contribution in [3.63, 3.8) is 0 Å². The molecule has 0 radical (unpaired) electrons. The third kappa shape index (κ3) is 0.925. The zero-order valence-corrected chi connectivity index (χ0v) is 6.82. The van der Waals surface area contributed by atoms with Gasteiger partial charge < -0.3 is 4.40 Å². The maximum Gasteiger partial charge on any atom is 0.161 e. The molecule has 2 rings (SSSR count). The summed E-state index contributed by atoms with van der Waals surface area (Å²) in [4.78, 5) is 11.1. The van der Waals surface area contributed by atoms with E-state index in [0.717, 1.165) is 11.1 Å². The first-order chi connectivity index (χ1) is 5.79. The summed E-state index contributed by atoms with van der Waals surface area (Å²) in [6, 6.07) is 7.60. The van der Waals surface area contributed by atoms with Crippen molar-refractivity contribution in [3.8, 4) is 0 Å². The molecule has 0 unspecified atom stereocenters. The predicted octanol–water partition coefficient (Wildman–Crippen LogP) is 2.14. The molecule has 0 bridgehead atoms. The summed E-state index contributed by atoms with van der Waals surface area (Å²) in [5, 5.41) is 0. The van der Waals surface area contributed by atoms with E-state index in [-0.39, 0.29) is 5.78 Å². The molecular formula is C10H9NO. The number of Topliss-reactive ketones (excluding diaryl/α,β-unsaturated/α-hetero) is 1. The van der Waals surface area contributed by atoms with Crippen LogP contribution in [-0.2, 0) is 0 Å². The van der Waals surface area contributed by atoms with Gasteiger partial charge in [-0.2, -0.15) is 0 Å². The molecule has 0 saturated carbocycles. The monoisotopic (exact) mass is 159 g/mol. The van der Waals surface area contributed by atoms with E-state index >= 15 is 0 Å². The minimum Gasteiger partial charge on any atom is -0.323 e. The molecule has 0 aliphatic carbocycles. The van der Waals surface area contributed by atoms with E-state index in [1.54, 1.807) is 6.92 Å². The van der Waals surface area contributed by atoms with Crippen LogP contribution in [0.1, 0.15) is 17.3 Å². The number of hydrogen-bond donors (Lipinski definition) is 0. The fourth-order valence-electron chi connectivity index (χ4n) is 1.37. The topological polar surface area (TPSA) is 21.5 Å². The van der Waals surface area contributed by atoms with Gasteiger partial charge in [0.1, 0.15) is 0 Å². The molecule has 0 aliphatic rings. The number of aromatic nitrogens is 1. The lowest BCUT2D eigenvalue weighted by atomic mass is 10.1.